The first-order chi connectivity index (χ1) is 15.5. The minimum Gasteiger partial charge on any atom is -0.494 e. The highest BCUT2D eigenvalue weighted by Crippen LogP contribution is 2.30. The number of aromatic nitrogens is 1. The minimum absolute atomic E-state index is 0.0437. The fourth-order valence-electron chi connectivity index (χ4n) is 4.03. The number of carbonyl (C=O) groups is 1. The number of amides is 1. The highest BCUT2D eigenvalue weighted by molar-refractivity contribution is 7.89. The molecule has 3 rings (SSSR count). The zero-order valence-corrected chi connectivity index (χ0v) is 21.5. The molecule has 0 atom stereocenters. The van der Waals surface area contributed by atoms with Gasteiger partial charge in [0.05, 0.1) is 12.9 Å². The summed E-state index contributed by atoms with van der Waals surface area (Å²) in [6.07, 6.45) is 2.60. The van der Waals surface area contributed by atoms with Crippen molar-refractivity contribution in [2.24, 2.45) is 0 Å². The first-order valence-corrected chi connectivity index (χ1v) is 13.3. The van der Waals surface area contributed by atoms with E-state index in [0.717, 1.165) is 63.2 Å². The normalized spacial score (nSPS) is 11.7. The Bertz CT molecular complexity index is 1280. The lowest BCUT2D eigenvalue weighted by molar-refractivity contribution is -0.119. The molecule has 33 heavy (non-hydrogen) atoms. The molecule has 0 saturated heterocycles. The largest absolute Gasteiger partial charge is 0.494 e. The quantitative estimate of drug-likeness (QED) is 0.393. The summed E-state index contributed by atoms with van der Waals surface area (Å²) in [6.45, 7) is 6.83. The predicted octanol–water partition coefficient (Wildman–Crippen LogP) is 5.35. The molecule has 9 heteroatoms. The number of hydrogen-bond acceptors (Lipinski definition) is 4. The number of nitrogens with one attached hydrogen (secondary N) is 1. The van der Waals surface area contributed by atoms with Crippen LogP contribution in [0.2, 0.25) is 10.0 Å². The SMILES string of the molecule is Cc1cc(OCCCc2c(C)n(CCC(=O)NS(C)(=O)=O)c3cc(Cl)ccc23)cc(C)c1Cl. The number of benzene rings is 2. The Hall–Kier alpha value is -2.22. The van der Waals surface area contributed by atoms with Gasteiger partial charge in [-0.05, 0) is 74.6 Å². The van der Waals surface area contributed by atoms with Crippen LogP contribution in [0, 0.1) is 20.8 Å². The van der Waals surface area contributed by atoms with E-state index in [1.807, 2.05) is 60.4 Å². The first kappa shape index (κ1) is 25.4. The third kappa shape index (κ3) is 6.43. The van der Waals surface area contributed by atoms with Crippen LogP contribution in [0.1, 0.15) is 35.2 Å². The van der Waals surface area contributed by atoms with Gasteiger partial charge in [0.15, 0.2) is 0 Å². The molecule has 0 fully saturated rings. The van der Waals surface area contributed by atoms with Crippen molar-refractivity contribution < 1.29 is 17.9 Å². The third-order valence-corrected chi connectivity index (χ3v) is 6.96. The van der Waals surface area contributed by atoms with Crippen LogP contribution >= 0.6 is 23.2 Å². The number of halogens is 2. The summed E-state index contributed by atoms with van der Waals surface area (Å²) in [7, 11) is -3.58. The smallest absolute Gasteiger partial charge is 0.235 e. The van der Waals surface area contributed by atoms with Crippen LogP contribution in [0.5, 0.6) is 5.75 Å². The van der Waals surface area contributed by atoms with Crippen molar-refractivity contribution in [2.75, 3.05) is 12.9 Å². The number of nitrogens with zero attached hydrogens (tertiary/aromatic N) is 1. The number of fused-ring (bicyclic) bond motifs is 1. The lowest BCUT2D eigenvalue weighted by atomic mass is 10.1. The summed E-state index contributed by atoms with van der Waals surface area (Å²) in [5.74, 6) is 0.265. The van der Waals surface area contributed by atoms with Gasteiger partial charge in [-0.25, -0.2) is 8.42 Å². The molecule has 2 aromatic carbocycles. The van der Waals surface area contributed by atoms with Gasteiger partial charge >= 0.3 is 0 Å². The summed E-state index contributed by atoms with van der Waals surface area (Å²) < 4.78 is 32.6. The maximum atomic E-state index is 12.0. The number of ether oxygens (including phenoxy) is 1. The van der Waals surface area contributed by atoms with Crippen molar-refractivity contribution in [3.63, 3.8) is 0 Å². The van der Waals surface area contributed by atoms with Gasteiger partial charge in [0.25, 0.3) is 0 Å². The lowest BCUT2D eigenvalue weighted by Gasteiger charge is -2.11. The highest BCUT2D eigenvalue weighted by atomic mass is 35.5. The average Bonchev–Trinajstić information content (AvgIpc) is 2.96. The third-order valence-electron chi connectivity index (χ3n) is 5.53. The van der Waals surface area contributed by atoms with Gasteiger partial charge in [-0.3, -0.25) is 9.52 Å². The van der Waals surface area contributed by atoms with E-state index in [1.54, 1.807) is 0 Å². The standard InChI is InChI=1S/C24H28Cl2N2O4S/c1-15-12-19(13-16(2)24(15)26)32-11-5-6-20-17(3)28(10-9-23(29)27-33(4,30)31)22-14-18(25)7-8-21(20)22/h7-8,12-14H,5-6,9-11H2,1-4H3,(H,27,29). The first-order valence-electron chi connectivity index (χ1n) is 10.6. The molecular formula is C24H28Cl2N2O4S. The van der Waals surface area contributed by atoms with E-state index in [9.17, 15) is 13.2 Å². The van der Waals surface area contributed by atoms with Gasteiger partial charge < -0.3 is 9.30 Å². The molecule has 0 aliphatic carbocycles. The Morgan fingerprint density at radius 1 is 1.09 bits per heavy atom. The zero-order valence-electron chi connectivity index (χ0n) is 19.2. The summed E-state index contributed by atoms with van der Waals surface area (Å²) in [5.41, 5.74) is 5.09. The van der Waals surface area contributed by atoms with Crippen molar-refractivity contribution in [3.8, 4) is 5.75 Å². The zero-order chi connectivity index (χ0) is 24.3. The molecule has 6 nitrogen and oxygen atoms in total. The maximum Gasteiger partial charge on any atom is 0.235 e. The number of aryl methyl sites for hydroxylation is 4. The Kier molecular flexibility index (Phi) is 7.98. The molecule has 1 amide bonds. The summed E-state index contributed by atoms with van der Waals surface area (Å²) in [5, 5.41) is 2.43. The highest BCUT2D eigenvalue weighted by Gasteiger charge is 2.16. The molecule has 178 valence electrons. The Balaban J connectivity index is 1.73. The average molecular weight is 511 g/mol. The molecule has 1 heterocycles. The molecule has 0 radical (unpaired) electrons. The van der Waals surface area contributed by atoms with Gasteiger partial charge in [-0.15, -0.1) is 0 Å². The van der Waals surface area contributed by atoms with E-state index in [0.29, 0.717) is 18.2 Å². The second-order valence-corrected chi connectivity index (χ2v) is 10.8. The summed E-state index contributed by atoms with van der Waals surface area (Å²) >= 11 is 12.5. The van der Waals surface area contributed by atoms with E-state index in [1.165, 1.54) is 0 Å². The van der Waals surface area contributed by atoms with Gasteiger partial charge in [-0.2, -0.15) is 0 Å². The van der Waals surface area contributed by atoms with Gasteiger partial charge in [0, 0.05) is 39.6 Å². The topological polar surface area (TPSA) is 77.4 Å². The molecule has 0 unspecified atom stereocenters. The van der Waals surface area contributed by atoms with E-state index >= 15 is 0 Å². The van der Waals surface area contributed by atoms with Crippen LogP contribution in [0.25, 0.3) is 10.9 Å². The molecule has 0 bridgehead atoms. The monoisotopic (exact) mass is 510 g/mol. The Morgan fingerprint density at radius 3 is 2.39 bits per heavy atom. The van der Waals surface area contributed by atoms with Crippen LogP contribution in [-0.2, 0) is 27.8 Å². The Morgan fingerprint density at radius 2 is 1.76 bits per heavy atom. The number of hydrogen-bond donors (Lipinski definition) is 1. The van der Waals surface area contributed by atoms with Gasteiger partial charge in [-0.1, -0.05) is 29.3 Å². The second-order valence-electron chi connectivity index (χ2n) is 8.25. The fraction of sp³-hybridized carbons (Fsp3) is 0.375. The van der Waals surface area contributed by atoms with Gasteiger partial charge in [0.2, 0.25) is 15.9 Å². The number of sulfonamides is 1. The Labute approximate surface area is 204 Å². The minimum atomic E-state index is -3.58. The van der Waals surface area contributed by atoms with Crippen molar-refractivity contribution in [1.82, 2.24) is 9.29 Å². The molecule has 0 spiro atoms. The van der Waals surface area contributed by atoms with Crippen molar-refractivity contribution in [3.05, 3.63) is 62.8 Å². The van der Waals surface area contributed by atoms with E-state index in [4.69, 9.17) is 27.9 Å². The molecule has 0 aliphatic rings. The number of carbonyl (C=O) groups excluding carboxylic acids is 1. The van der Waals surface area contributed by atoms with E-state index in [-0.39, 0.29) is 6.42 Å². The molecule has 3 aromatic rings. The summed E-state index contributed by atoms with van der Waals surface area (Å²) in [6, 6.07) is 9.59. The van der Waals surface area contributed by atoms with E-state index in [2.05, 4.69) is 0 Å². The van der Waals surface area contributed by atoms with Crippen LogP contribution in [0.15, 0.2) is 30.3 Å². The lowest BCUT2D eigenvalue weighted by Crippen LogP contribution is -2.30. The van der Waals surface area contributed by atoms with Crippen LogP contribution in [-0.4, -0.2) is 31.8 Å². The predicted molar refractivity (Wildman–Crippen MR) is 134 cm³/mol. The molecular weight excluding hydrogens is 483 g/mol. The molecule has 1 aromatic heterocycles. The summed E-state index contributed by atoms with van der Waals surface area (Å²) in [4.78, 5) is 12.0. The van der Waals surface area contributed by atoms with Crippen LogP contribution < -0.4 is 9.46 Å². The second kappa shape index (κ2) is 10.4. The molecule has 0 saturated carbocycles. The molecule has 0 aliphatic heterocycles. The van der Waals surface area contributed by atoms with Crippen molar-refractivity contribution >= 4 is 50.0 Å². The van der Waals surface area contributed by atoms with Crippen molar-refractivity contribution in [1.29, 1.82) is 0 Å². The van der Waals surface area contributed by atoms with E-state index < -0.39 is 15.9 Å². The van der Waals surface area contributed by atoms with Gasteiger partial charge in [0.1, 0.15) is 5.75 Å². The molecule has 1 N–H and O–H groups in total. The number of rotatable bonds is 9. The van der Waals surface area contributed by atoms with Crippen molar-refractivity contribution in [2.45, 2.75) is 46.6 Å². The fourth-order valence-corrected chi connectivity index (χ4v) is 4.82. The van der Waals surface area contributed by atoms with Crippen LogP contribution in [0.3, 0.4) is 0 Å². The van der Waals surface area contributed by atoms with Crippen LogP contribution in [0.4, 0.5) is 0 Å². The maximum absolute atomic E-state index is 12.0.